The van der Waals surface area contributed by atoms with Gasteiger partial charge in [0.15, 0.2) is 0 Å². The van der Waals surface area contributed by atoms with Crippen LogP contribution in [-0.2, 0) is 11.2 Å². The maximum atomic E-state index is 12.2. The second kappa shape index (κ2) is 7.45. The highest BCUT2D eigenvalue weighted by Gasteiger charge is 2.18. The first-order valence-electron chi connectivity index (χ1n) is 7.48. The van der Waals surface area contributed by atoms with E-state index in [0.717, 1.165) is 50.4 Å². The predicted octanol–water partition coefficient (Wildman–Crippen LogP) is 1.42. The summed E-state index contributed by atoms with van der Waals surface area (Å²) in [4.78, 5) is 17.7. The number of aryl methyl sites for hydroxylation is 1. The molecule has 0 aliphatic carbocycles. The number of aromatic amines is 1. The molecule has 0 spiro atoms. The number of ether oxygens (including phenoxy) is 1. The minimum absolute atomic E-state index is 0.0237. The van der Waals surface area contributed by atoms with Gasteiger partial charge in [-0.2, -0.15) is 0 Å². The van der Waals surface area contributed by atoms with E-state index in [-0.39, 0.29) is 5.91 Å². The molecule has 1 fully saturated rings. The average Bonchev–Trinajstić information content (AvgIpc) is 2.89. The number of hydrogen-bond donors (Lipinski definition) is 2. The Morgan fingerprint density at radius 2 is 2.45 bits per heavy atom. The Balaban J connectivity index is 1.78. The molecule has 0 bridgehead atoms. The largest absolute Gasteiger partial charge is 0.379 e. The van der Waals surface area contributed by atoms with Gasteiger partial charge in [-0.3, -0.25) is 9.69 Å². The van der Waals surface area contributed by atoms with Crippen molar-refractivity contribution in [3.63, 3.8) is 0 Å². The van der Waals surface area contributed by atoms with Crippen molar-refractivity contribution in [2.24, 2.45) is 0 Å². The van der Waals surface area contributed by atoms with Crippen molar-refractivity contribution in [2.75, 3.05) is 32.8 Å². The molecular formula is C15H25N3O2. The first-order valence-corrected chi connectivity index (χ1v) is 7.48. The van der Waals surface area contributed by atoms with E-state index in [1.54, 1.807) is 0 Å². The molecule has 1 saturated heterocycles. The van der Waals surface area contributed by atoms with Gasteiger partial charge in [-0.1, -0.05) is 13.3 Å². The molecule has 2 N–H and O–H groups in total. The molecule has 5 heteroatoms. The Hall–Kier alpha value is -1.33. The zero-order chi connectivity index (χ0) is 14.4. The van der Waals surface area contributed by atoms with Gasteiger partial charge in [0.1, 0.15) is 0 Å². The van der Waals surface area contributed by atoms with Gasteiger partial charge in [0.25, 0.3) is 5.91 Å². The van der Waals surface area contributed by atoms with E-state index in [2.05, 4.69) is 29.0 Å². The molecular weight excluding hydrogens is 254 g/mol. The van der Waals surface area contributed by atoms with Crippen LogP contribution in [0.15, 0.2) is 12.3 Å². The molecule has 1 aliphatic rings. The summed E-state index contributed by atoms with van der Waals surface area (Å²) in [6, 6.07) is 2.29. The quantitative estimate of drug-likeness (QED) is 0.828. The SMILES string of the molecule is CCCc1[nH]ccc1C(=O)NCCN1CCOC[C@@H]1C. The van der Waals surface area contributed by atoms with Gasteiger partial charge in [-0.25, -0.2) is 0 Å². The van der Waals surface area contributed by atoms with Crippen molar-refractivity contribution in [2.45, 2.75) is 32.7 Å². The number of aromatic nitrogens is 1. The lowest BCUT2D eigenvalue weighted by molar-refractivity contribution is 0.000539. The number of nitrogens with zero attached hydrogens (tertiary/aromatic N) is 1. The van der Waals surface area contributed by atoms with Crippen LogP contribution >= 0.6 is 0 Å². The van der Waals surface area contributed by atoms with E-state index in [9.17, 15) is 4.79 Å². The molecule has 20 heavy (non-hydrogen) atoms. The monoisotopic (exact) mass is 279 g/mol. The lowest BCUT2D eigenvalue weighted by Gasteiger charge is -2.33. The smallest absolute Gasteiger partial charge is 0.253 e. The Morgan fingerprint density at radius 3 is 3.20 bits per heavy atom. The van der Waals surface area contributed by atoms with Crippen LogP contribution in [0.4, 0.5) is 0 Å². The van der Waals surface area contributed by atoms with Crippen LogP contribution < -0.4 is 5.32 Å². The molecule has 1 aromatic rings. The standard InChI is InChI=1S/C15H25N3O2/c1-3-4-14-13(5-6-16-14)15(19)17-7-8-18-9-10-20-11-12(18)2/h5-6,12,16H,3-4,7-11H2,1-2H3,(H,17,19)/t12-/m0/s1. The summed E-state index contributed by atoms with van der Waals surface area (Å²) in [6.45, 7) is 8.35. The highest BCUT2D eigenvalue weighted by Crippen LogP contribution is 2.09. The van der Waals surface area contributed by atoms with Crippen molar-refractivity contribution in [1.29, 1.82) is 0 Å². The van der Waals surface area contributed by atoms with E-state index < -0.39 is 0 Å². The summed E-state index contributed by atoms with van der Waals surface area (Å²) in [5.74, 6) is 0.0237. The van der Waals surface area contributed by atoms with Crippen LogP contribution in [-0.4, -0.2) is 54.7 Å². The van der Waals surface area contributed by atoms with Crippen LogP contribution in [0, 0.1) is 0 Å². The third-order valence-electron chi connectivity index (χ3n) is 3.77. The van der Waals surface area contributed by atoms with Gasteiger partial charge in [0.05, 0.1) is 18.8 Å². The minimum Gasteiger partial charge on any atom is -0.379 e. The van der Waals surface area contributed by atoms with Crippen molar-refractivity contribution in [1.82, 2.24) is 15.2 Å². The van der Waals surface area contributed by atoms with Gasteiger partial charge < -0.3 is 15.0 Å². The Kier molecular flexibility index (Phi) is 5.61. The van der Waals surface area contributed by atoms with Crippen molar-refractivity contribution < 1.29 is 9.53 Å². The van der Waals surface area contributed by atoms with Crippen molar-refractivity contribution in [3.05, 3.63) is 23.5 Å². The molecule has 2 rings (SSSR count). The van der Waals surface area contributed by atoms with Gasteiger partial charge in [-0.15, -0.1) is 0 Å². The molecule has 1 amide bonds. The zero-order valence-corrected chi connectivity index (χ0v) is 12.4. The maximum Gasteiger partial charge on any atom is 0.253 e. The van der Waals surface area contributed by atoms with E-state index in [1.807, 2.05) is 12.3 Å². The van der Waals surface area contributed by atoms with E-state index in [1.165, 1.54) is 0 Å². The number of carbonyl (C=O) groups excluding carboxylic acids is 1. The van der Waals surface area contributed by atoms with Crippen molar-refractivity contribution >= 4 is 5.91 Å². The first-order chi connectivity index (χ1) is 9.72. The third kappa shape index (κ3) is 3.84. The van der Waals surface area contributed by atoms with Gasteiger partial charge in [0.2, 0.25) is 0 Å². The summed E-state index contributed by atoms with van der Waals surface area (Å²) in [5.41, 5.74) is 1.81. The molecule has 0 aromatic carbocycles. The van der Waals surface area contributed by atoms with Crippen molar-refractivity contribution in [3.8, 4) is 0 Å². The Bertz CT molecular complexity index is 431. The maximum absolute atomic E-state index is 12.2. The summed E-state index contributed by atoms with van der Waals surface area (Å²) in [6.07, 6.45) is 3.78. The molecule has 1 aromatic heterocycles. The molecule has 2 heterocycles. The lowest BCUT2D eigenvalue weighted by atomic mass is 10.1. The van der Waals surface area contributed by atoms with Crippen LogP contribution in [0.5, 0.6) is 0 Å². The van der Waals surface area contributed by atoms with Crippen LogP contribution in [0.25, 0.3) is 0 Å². The predicted molar refractivity (Wildman–Crippen MR) is 79.0 cm³/mol. The highest BCUT2D eigenvalue weighted by molar-refractivity contribution is 5.95. The zero-order valence-electron chi connectivity index (χ0n) is 12.4. The second-order valence-electron chi connectivity index (χ2n) is 5.34. The summed E-state index contributed by atoms with van der Waals surface area (Å²) in [7, 11) is 0. The summed E-state index contributed by atoms with van der Waals surface area (Å²) in [5, 5.41) is 3.01. The van der Waals surface area contributed by atoms with E-state index in [4.69, 9.17) is 4.74 Å². The number of amides is 1. The number of H-pyrrole nitrogens is 1. The average molecular weight is 279 g/mol. The summed E-state index contributed by atoms with van der Waals surface area (Å²) >= 11 is 0. The fraction of sp³-hybridized carbons (Fsp3) is 0.667. The topological polar surface area (TPSA) is 57.4 Å². The number of morpholine rings is 1. The second-order valence-corrected chi connectivity index (χ2v) is 5.34. The number of rotatable bonds is 6. The number of carbonyl (C=O) groups is 1. The highest BCUT2D eigenvalue weighted by atomic mass is 16.5. The van der Waals surface area contributed by atoms with Crippen LogP contribution in [0.3, 0.4) is 0 Å². The van der Waals surface area contributed by atoms with Gasteiger partial charge >= 0.3 is 0 Å². The molecule has 0 radical (unpaired) electrons. The van der Waals surface area contributed by atoms with E-state index >= 15 is 0 Å². The number of nitrogens with one attached hydrogen (secondary N) is 2. The Morgan fingerprint density at radius 1 is 1.60 bits per heavy atom. The van der Waals surface area contributed by atoms with Gasteiger partial charge in [-0.05, 0) is 19.4 Å². The van der Waals surface area contributed by atoms with Crippen LogP contribution in [0.2, 0.25) is 0 Å². The molecule has 5 nitrogen and oxygen atoms in total. The lowest BCUT2D eigenvalue weighted by Crippen LogP contribution is -2.46. The summed E-state index contributed by atoms with van der Waals surface area (Å²) < 4.78 is 5.41. The van der Waals surface area contributed by atoms with E-state index in [0.29, 0.717) is 12.6 Å². The molecule has 0 unspecified atom stereocenters. The third-order valence-corrected chi connectivity index (χ3v) is 3.77. The molecule has 1 aliphatic heterocycles. The Labute approximate surface area is 120 Å². The molecule has 112 valence electrons. The molecule has 0 saturated carbocycles. The minimum atomic E-state index is 0.0237. The van der Waals surface area contributed by atoms with Crippen LogP contribution in [0.1, 0.15) is 36.3 Å². The normalized spacial score (nSPS) is 20.0. The number of hydrogen-bond acceptors (Lipinski definition) is 3. The van der Waals surface area contributed by atoms with Gasteiger partial charge in [0, 0.05) is 37.6 Å². The fourth-order valence-corrected chi connectivity index (χ4v) is 2.58. The fourth-order valence-electron chi connectivity index (χ4n) is 2.58. The first kappa shape index (κ1) is 15.1. The molecule has 1 atom stereocenters.